The second-order valence-electron chi connectivity index (χ2n) is 5.60. The number of hydrogen-bond donors (Lipinski definition) is 1. The topological polar surface area (TPSA) is 66.8 Å². The average Bonchev–Trinajstić information content (AvgIpc) is 3.31. The summed E-state index contributed by atoms with van der Waals surface area (Å²) in [5, 5.41) is 9.18. The average molecular weight is 305 g/mol. The van der Waals surface area contributed by atoms with Crippen LogP contribution in [-0.4, -0.2) is 40.6 Å². The number of hydrogen-bond acceptors (Lipinski definition) is 3. The highest BCUT2D eigenvalue weighted by atomic mass is 19.1. The minimum atomic E-state index is -1.04. The fourth-order valence-electron chi connectivity index (χ4n) is 2.57. The second kappa shape index (κ2) is 5.44. The number of rotatable bonds is 4. The number of fused-ring (bicyclic) bond motifs is 1. The molecule has 0 spiro atoms. The molecule has 1 aliphatic heterocycles. The summed E-state index contributed by atoms with van der Waals surface area (Å²) in [6, 6.07) is 3.18. The van der Waals surface area contributed by atoms with Crippen LogP contribution in [0.5, 0.6) is 5.75 Å². The number of carboxylic acid groups (broad SMARTS) is 1. The van der Waals surface area contributed by atoms with E-state index >= 15 is 0 Å². The predicted molar refractivity (Wildman–Crippen MR) is 76.8 cm³/mol. The van der Waals surface area contributed by atoms with Gasteiger partial charge in [0.1, 0.15) is 24.2 Å². The Morgan fingerprint density at radius 2 is 2.14 bits per heavy atom. The lowest BCUT2D eigenvalue weighted by molar-refractivity contribution is -0.148. The van der Waals surface area contributed by atoms with Gasteiger partial charge in [-0.3, -0.25) is 4.79 Å². The van der Waals surface area contributed by atoms with E-state index in [2.05, 4.69) is 0 Å². The molecule has 5 nitrogen and oxygen atoms in total. The van der Waals surface area contributed by atoms with E-state index in [9.17, 15) is 19.1 Å². The zero-order chi connectivity index (χ0) is 15.9. The quantitative estimate of drug-likeness (QED) is 0.924. The van der Waals surface area contributed by atoms with Crippen molar-refractivity contribution in [1.82, 2.24) is 4.90 Å². The first kappa shape index (κ1) is 14.6. The SMILES string of the molecule is CC(C(=O)O)N(C(=O)C1=Cc2cc(F)ccc2OC1)C1CC1. The van der Waals surface area contributed by atoms with Crippen molar-refractivity contribution in [3.63, 3.8) is 0 Å². The molecule has 1 unspecified atom stereocenters. The molecule has 0 saturated heterocycles. The van der Waals surface area contributed by atoms with Crippen molar-refractivity contribution in [3.8, 4) is 5.75 Å². The summed E-state index contributed by atoms with van der Waals surface area (Å²) in [7, 11) is 0. The monoisotopic (exact) mass is 305 g/mol. The van der Waals surface area contributed by atoms with Gasteiger partial charge in [0.2, 0.25) is 0 Å². The molecule has 0 radical (unpaired) electrons. The summed E-state index contributed by atoms with van der Waals surface area (Å²) in [6.45, 7) is 1.56. The molecule has 0 aromatic heterocycles. The summed E-state index contributed by atoms with van der Waals surface area (Å²) in [5.74, 6) is -1.29. The molecule has 2 aliphatic rings. The Morgan fingerprint density at radius 1 is 1.41 bits per heavy atom. The van der Waals surface area contributed by atoms with Crippen LogP contribution in [0.3, 0.4) is 0 Å². The summed E-state index contributed by atoms with van der Waals surface area (Å²) >= 11 is 0. The lowest BCUT2D eigenvalue weighted by atomic mass is 10.1. The molecular weight excluding hydrogens is 289 g/mol. The third-order valence-corrected chi connectivity index (χ3v) is 3.91. The summed E-state index contributed by atoms with van der Waals surface area (Å²) in [5.41, 5.74) is 0.839. The molecule has 1 saturated carbocycles. The second-order valence-corrected chi connectivity index (χ2v) is 5.60. The number of carbonyl (C=O) groups excluding carboxylic acids is 1. The van der Waals surface area contributed by atoms with Gasteiger partial charge in [-0.25, -0.2) is 9.18 Å². The van der Waals surface area contributed by atoms with E-state index in [4.69, 9.17) is 4.74 Å². The van der Waals surface area contributed by atoms with Crippen molar-refractivity contribution in [2.24, 2.45) is 0 Å². The Labute approximate surface area is 127 Å². The van der Waals surface area contributed by atoms with Crippen LogP contribution in [-0.2, 0) is 9.59 Å². The Hall–Kier alpha value is -2.37. The van der Waals surface area contributed by atoms with E-state index in [0.717, 1.165) is 12.8 Å². The molecular formula is C16H16FNO4. The van der Waals surface area contributed by atoms with Gasteiger partial charge < -0.3 is 14.7 Å². The Bertz CT molecular complexity index is 666. The van der Waals surface area contributed by atoms with Gasteiger partial charge in [-0.15, -0.1) is 0 Å². The molecule has 6 heteroatoms. The zero-order valence-electron chi connectivity index (χ0n) is 12.1. The number of carbonyl (C=O) groups is 2. The van der Waals surface area contributed by atoms with Crippen LogP contribution in [0.15, 0.2) is 23.8 Å². The predicted octanol–water partition coefficient (Wildman–Crippen LogP) is 2.07. The number of benzene rings is 1. The maximum atomic E-state index is 13.3. The lowest BCUT2D eigenvalue weighted by Gasteiger charge is -2.28. The van der Waals surface area contributed by atoms with Crippen molar-refractivity contribution in [3.05, 3.63) is 35.2 Å². The zero-order valence-corrected chi connectivity index (χ0v) is 12.1. The van der Waals surface area contributed by atoms with E-state index < -0.39 is 17.8 Å². The van der Waals surface area contributed by atoms with Gasteiger partial charge in [-0.05, 0) is 44.0 Å². The summed E-state index contributed by atoms with van der Waals surface area (Å²) < 4.78 is 18.8. The van der Waals surface area contributed by atoms with E-state index in [1.165, 1.54) is 30.0 Å². The number of ether oxygens (including phenoxy) is 1. The van der Waals surface area contributed by atoms with Crippen LogP contribution >= 0.6 is 0 Å². The number of carboxylic acids is 1. The highest BCUT2D eigenvalue weighted by Crippen LogP contribution is 2.33. The number of amides is 1. The van der Waals surface area contributed by atoms with E-state index in [1.54, 1.807) is 6.08 Å². The summed E-state index contributed by atoms with van der Waals surface area (Å²) in [6.07, 6.45) is 3.19. The molecule has 1 aromatic carbocycles. The highest BCUT2D eigenvalue weighted by Gasteiger charge is 2.39. The van der Waals surface area contributed by atoms with Crippen LogP contribution in [0.1, 0.15) is 25.3 Å². The lowest BCUT2D eigenvalue weighted by Crippen LogP contribution is -2.46. The number of halogens is 1. The molecule has 1 fully saturated rings. The molecule has 116 valence electrons. The van der Waals surface area contributed by atoms with Crippen molar-refractivity contribution < 1.29 is 23.8 Å². The first-order valence-corrected chi connectivity index (χ1v) is 7.16. The molecule has 3 rings (SSSR count). The first-order valence-electron chi connectivity index (χ1n) is 7.16. The maximum absolute atomic E-state index is 13.3. The van der Waals surface area contributed by atoms with Gasteiger partial charge in [0, 0.05) is 11.6 Å². The smallest absolute Gasteiger partial charge is 0.326 e. The maximum Gasteiger partial charge on any atom is 0.326 e. The fraction of sp³-hybridized carbons (Fsp3) is 0.375. The van der Waals surface area contributed by atoms with Gasteiger partial charge in [-0.2, -0.15) is 0 Å². The van der Waals surface area contributed by atoms with Gasteiger partial charge in [0.15, 0.2) is 0 Å². The Morgan fingerprint density at radius 3 is 2.77 bits per heavy atom. The third kappa shape index (κ3) is 2.68. The minimum absolute atomic E-state index is 0.0339. The van der Waals surface area contributed by atoms with Crippen LogP contribution in [0, 0.1) is 5.82 Å². The molecule has 1 aliphatic carbocycles. The van der Waals surface area contributed by atoms with Crippen LogP contribution in [0.4, 0.5) is 4.39 Å². The van der Waals surface area contributed by atoms with Gasteiger partial charge in [0.05, 0.1) is 5.57 Å². The van der Waals surface area contributed by atoms with Crippen LogP contribution < -0.4 is 4.74 Å². The van der Waals surface area contributed by atoms with Crippen LogP contribution in [0.2, 0.25) is 0 Å². The molecule has 1 heterocycles. The van der Waals surface area contributed by atoms with Gasteiger partial charge in [0.25, 0.3) is 5.91 Å². The van der Waals surface area contributed by atoms with E-state index in [0.29, 0.717) is 16.9 Å². The molecule has 1 amide bonds. The Balaban J connectivity index is 1.89. The van der Waals surface area contributed by atoms with Gasteiger partial charge in [-0.1, -0.05) is 0 Å². The molecule has 0 bridgehead atoms. The Kier molecular flexibility index (Phi) is 3.60. The largest absolute Gasteiger partial charge is 0.488 e. The fourth-order valence-corrected chi connectivity index (χ4v) is 2.57. The normalized spacial score (nSPS) is 17.8. The number of nitrogens with zero attached hydrogens (tertiary/aromatic N) is 1. The summed E-state index contributed by atoms with van der Waals surface area (Å²) in [4.78, 5) is 25.2. The highest BCUT2D eigenvalue weighted by molar-refractivity contribution is 6.01. The van der Waals surface area contributed by atoms with E-state index in [-0.39, 0.29) is 18.6 Å². The standard InChI is InChI=1S/C16H16FNO4/c1-9(16(20)21)18(13-3-4-13)15(19)11-6-10-7-12(17)2-5-14(10)22-8-11/h2,5-7,9,13H,3-4,8H2,1H3,(H,20,21). The molecule has 22 heavy (non-hydrogen) atoms. The minimum Gasteiger partial charge on any atom is -0.488 e. The molecule has 1 aromatic rings. The molecule has 1 atom stereocenters. The van der Waals surface area contributed by atoms with Crippen molar-refractivity contribution in [2.45, 2.75) is 31.8 Å². The van der Waals surface area contributed by atoms with E-state index in [1.807, 2.05) is 0 Å². The van der Waals surface area contributed by atoms with Crippen LogP contribution in [0.25, 0.3) is 6.08 Å². The number of aliphatic carboxylic acids is 1. The molecule has 1 N–H and O–H groups in total. The van der Waals surface area contributed by atoms with Crippen molar-refractivity contribution >= 4 is 18.0 Å². The van der Waals surface area contributed by atoms with Crippen molar-refractivity contribution in [1.29, 1.82) is 0 Å². The van der Waals surface area contributed by atoms with Crippen molar-refractivity contribution in [2.75, 3.05) is 6.61 Å². The van der Waals surface area contributed by atoms with Gasteiger partial charge >= 0.3 is 5.97 Å². The third-order valence-electron chi connectivity index (χ3n) is 3.91. The first-order chi connectivity index (χ1) is 10.5.